The zero-order valence-corrected chi connectivity index (χ0v) is 12.1. The second-order valence-corrected chi connectivity index (χ2v) is 4.91. The van der Waals surface area contributed by atoms with E-state index in [-0.39, 0.29) is 16.8 Å². The van der Waals surface area contributed by atoms with Gasteiger partial charge >= 0.3 is 12.4 Å². The Bertz CT molecular complexity index is 750. The number of carbonyl (C=O) groups excluding carboxylic acids is 1. The van der Waals surface area contributed by atoms with Crippen molar-refractivity contribution in [1.29, 1.82) is 0 Å². The Kier molecular flexibility index (Phi) is 4.54. The normalized spacial score (nSPS) is 12.1. The molecule has 1 amide bonds. The molecule has 0 atom stereocenters. The first-order valence-electron chi connectivity index (χ1n) is 6.51. The lowest BCUT2D eigenvalue weighted by atomic mass is 10.1. The minimum atomic E-state index is -4.65. The number of hydrogen-bond acceptors (Lipinski definition) is 2. The summed E-state index contributed by atoms with van der Waals surface area (Å²) in [7, 11) is 0. The molecule has 0 saturated heterocycles. The van der Waals surface area contributed by atoms with Crippen LogP contribution in [-0.4, -0.2) is 10.9 Å². The van der Waals surface area contributed by atoms with Crippen molar-refractivity contribution < 1.29 is 31.1 Å². The van der Waals surface area contributed by atoms with Gasteiger partial charge in [0.1, 0.15) is 5.69 Å². The van der Waals surface area contributed by atoms with Crippen LogP contribution in [0.25, 0.3) is 0 Å². The van der Waals surface area contributed by atoms with E-state index in [1.165, 1.54) is 19.1 Å². The van der Waals surface area contributed by atoms with Crippen LogP contribution in [0.3, 0.4) is 0 Å². The van der Waals surface area contributed by atoms with Crippen molar-refractivity contribution in [2.75, 3.05) is 5.32 Å². The molecule has 1 aromatic carbocycles. The fraction of sp³-hybridized carbons (Fsp3) is 0.200. The van der Waals surface area contributed by atoms with Gasteiger partial charge < -0.3 is 5.32 Å². The van der Waals surface area contributed by atoms with Crippen molar-refractivity contribution in [1.82, 2.24) is 4.98 Å². The summed E-state index contributed by atoms with van der Waals surface area (Å²) in [5.74, 6) is -0.867. The SMILES string of the molecule is Cc1ccc(NC(=O)c2ccc(C(F)(F)F)nc2)cc1C(F)(F)F. The Morgan fingerprint density at radius 1 is 1.00 bits per heavy atom. The Balaban J connectivity index is 2.21. The number of nitrogens with one attached hydrogen (secondary N) is 1. The maximum Gasteiger partial charge on any atom is 0.433 e. The van der Waals surface area contributed by atoms with Crippen molar-refractivity contribution >= 4 is 11.6 Å². The smallest absolute Gasteiger partial charge is 0.322 e. The average molecular weight is 348 g/mol. The molecule has 24 heavy (non-hydrogen) atoms. The average Bonchev–Trinajstić information content (AvgIpc) is 2.47. The van der Waals surface area contributed by atoms with Gasteiger partial charge in [0.15, 0.2) is 0 Å². The minimum absolute atomic E-state index is 0.0169. The van der Waals surface area contributed by atoms with E-state index < -0.39 is 29.5 Å². The van der Waals surface area contributed by atoms with Gasteiger partial charge in [0.05, 0.1) is 11.1 Å². The summed E-state index contributed by atoms with van der Waals surface area (Å²) in [5, 5.41) is 2.20. The van der Waals surface area contributed by atoms with Crippen molar-refractivity contribution in [2.24, 2.45) is 0 Å². The number of alkyl halides is 6. The predicted molar refractivity (Wildman–Crippen MR) is 73.4 cm³/mol. The molecule has 0 saturated carbocycles. The van der Waals surface area contributed by atoms with Gasteiger partial charge in [0.25, 0.3) is 5.91 Å². The van der Waals surface area contributed by atoms with Crippen LogP contribution < -0.4 is 5.32 Å². The highest BCUT2D eigenvalue weighted by molar-refractivity contribution is 6.04. The predicted octanol–water partition coefficient (Wildman–Crippen LogP) is 4.68. The van der Waals surface area contributed by atoms with Crippen molar-refractivity contribution in [3.63, 3.8) is 0 Å². The molecule has 2 aromatic rings. The maximum absolute atomic E-state index is 12.8. The lowest BCUT2D eigenvalue weighted by molar-refractivity contribution is -0.141. The fourth-order valence-electron chi connectivity index (χ4n) is 1.90. The molecule has 0 fully saturated rings. The van der Waals surface area contributed by atoms with E-state index in [9.17, 15) is 31.1 Å². The third-order valence-electron chi connectivity index (χ3n) is 3.12. The second kappa shape index (κ2) is 6.14. The van der Waals surface area contributed by atoms with Crippen LogP contribution in [0, 0.1) is 6.92 Å². The molecule has 0 unspecified atom stereocenters. The molecule has 128 valence electrons. The molecule has 2 rings (SSSR count). The number of anilines is 1. The lowest BCUT2D eigenvalue weighted by Crippen LogP contribution is -2.15. The molecular formula is C15H10F6N2O. The summed E-state index contributed by atoms with van der Waals surface area (Å²) in [5.41, 5.74) is -2.44. The van der Waals surface area contributed by atoms with Gasteiger partial charge in [-0.2, -0.15) is 26.3 Å². The number of aryl methyl sites for hydroxylation is 1. The highest BCUT2D eigenvalue weighted by Crippen LogP contribution is 2.33. The van der Waals surface area contributed by atoms with Crippen LogP contribution in [0.2, 0.25) is 0 Å². The molecule has 0 spiro atoms. The first-order valence-corrected chi connectivity index (χ1v) is 6.51. The van der Waals surface area contributed by atoms with Crippen LogP contribution in [0.15, 0.2) is 36.5 Å². The summed E-state index contributed by atoms with van der Waals surface area (Å²) in [4.78, 5) is 15.0. The molecule has 9 heteroatoms. The molecule has 0 radical (unpaired) electrons. The largest absolute Gasteiger partial charge is 0.433 e. The molecule has 1 aromatic heterocycles. The number of benzene rings is 1. The number of carbonyl (C=O) groups is 1. The number of pyridine rings is 1. The van der Waals surface area contributed by atoms with E-state index in [0.717, 1.165) is 12.1 Å². The van der Waals surface area contributed by atoms with Crippen molar-refractivity contribution in [3.8, 4) is 0 Å². The van der Waals surface area contributed by atoms with E-state index in [1.54, 1.807) is 0 Å². The van der Waals surface area contributed by atoms with Crippen LogP contribution in [0.1, 0.15) is 27.2 Å². The topological polar surface area (TPSA) is 42.0 Å². The lowest BCUT2D eigenvalue weighted by Gasteiger charge is -2.13. The number of nitrogens with zero attached hydrogens (tertiary/aromatic N) is 1. The van der Waals surface area contributed by atoms with Crippen LogP contribution in [0.4, 0.5) is 32.0 Å². The summed E-state index contributed by atoms with van der Waals surface area (Å²) >= 11 is 0. The molecule has 0 aliphatic heterocycles. The van der Waals surface area contributed by atoms with Gasteiger partial charge in [0.2, 0.25) is 0 Å². The van der Waals surface area contributed by atoms with Gasteiger partial charge in [-0.25, -0.2) is 0 Å². The summed E-state index contributed by atoms with van der Waals surface area (Å²) in [6.07, 6.45) is -8.52. The Hall–Kier alpha value is -2.58. The first kappa shape index (κ1) is 17.8. The number of aromatic nitrogens is 1. The number of rotatable bonds is 2. The van der Waals surface area contributed by atoms with Crippen molar-refractivity contribution in [3.05, 3.63) is 58.9 Å². The van der Waals surface area contributed by atoms with Gasteiger partial charge in [-0.15, -0.1) is 0 Å². The van der Waals surface area contributed by atoms with Gasteiger partial charge in [-0.1, -0.05) is 6.07 Å². The third kappa shape index (κ3) is 4.03. The molecule has 1 heterocycles. The Labute approximate surface area is 132 Å². The fourth-order valence-corrected chi connectivity index (χ4v) is 1.90. The maximum atomic E-state index is 12.8. The Morgan fingerprint density at radius 3 is 2.17 bits per heavy atom. The van der Waals surface area contributed by atoms with Gasteiger partial charge in [-0.3, -0.25) is 9.78 Å². The molecular weight excluding hydrogens is 338 g/mol. The third-order valence-corrected chi connectivity index (χ3v) is 3.12. The van der Waals surface area contributed by atoms with E-state index in [4.69, 9.17) is 0 Å². The van der Waals surface area contributed by atoms with Crippen molar-refractivity contribution in [2.45, 2.75) is 19.3 Å². The molecule has 0 aliphatic carbocycles. The minimum Gasteiger partial charge on any atom is -0.322 e. The summed E-state index contributed by atoms with van der Waals surface area (Å²) in [6.45, 7) is 1.27. The van der Waals surface area contributed by atoms with E-state index >= 15 is 0 Å². The standard InChI is InChI=1S/C15H10F6N2O/c1-8-2-4-10(6-11(8)14(16,17)18)23-13(24)9-3-5-12(22-7-9)15(19,20)21/h2-7H,1H3,(H,23,24). The second-order valence-electron chi connectivity index (χ2n) is 4.91. The molecule has 1 N–H and O–H groups in total. The highest BCUT2D eigenvalue weighted by Gasteiger charge is 2.33. The quantitative estimate of drug-likeness (QED) is 0.801. The number of amides is 1. The Morgan fingerprint density at radius 2 is 1.67 bits per heavy atom. The summed E-state index contributed by atoms with van der Waals surface area (Å²) < 4.78 is 75.6. The zero-order valence-electron chi connectivity index (χ0n) is 12.1. The van der Waals surface area contributed by atoms with E-state index in [0.29, 0.717) is 12.3 Å². The highest BCUT2D eigenvalue weighted by atomic mass is 19.4. The van der Waals surface area contributed by atoms with Gasteiger partial charge in [-0.05, 0) is 36.8 Å². The van der Waals surface area contributed by atoms with Crippen LogP contribution >= 0.6 is 0 Å². The van der Waals surface area contributed by atoms with Crippen LogP contribution in [-0.2, 0) is 12.4 Å². The van der Waals surface area contributed by atoms with Crippen LogP contribution in [0.5, 0.6) is 0 Å². The molecule has 0 bridgehead atoms. The number of hydrogen-bond donors (Lipinski definition) is 1. The first-order chi connectivity index (χ1) is 11.0. The number of halogens is 6. The van der Waals surface area contributed by atoms with E-state index in [1.807, 2.05) is 0 Å². The van der Waals surface area contributed by atoms with E-state index in [2.05, 4.69) is 10.3 Å². The summed E-state index contributed by atoms with van der Waals surface area (Å²) in [6, 6.07) is 4.71. The molecule has 0 aliphatic rings. The monoisotopic (exact) mass is 348 g/mol. The zero-order chi connectivity index (χ0) is 18.1. The molecule has 3 nitrogen and oxygen atoms in total. The van der Waals surface area contributed by atoms with Gasteiger partial charge in [0, 0.05) is 11.9 Å².